The third-order valence-electron chi connectivity index (χ3n) is 2.09. The van der Waals surface area contributed by atoms with Crippen LogP contribution in [0.2, 0.25) is 0 Å². The van der Waals surface area contributed by atoms with E-state index in [1.54, 1.807) is 10.8 Å². The summed E-state index contributed by atoms with van der Waals surface area (Å²) in [6.45, 7) is 2.38. The van der Waals surface area contributed by atoms with E-state index in [2.05, 4.69) is 10.3 Å². The normalized spacial score (nSPS) is 12.4. The molecule has 0 amide bonds. The number of aliphatic hydroxyl groups is 2. The van der Waals surface area contributed by atoms with E-state index in [-0.39, 0.29) is 24.5 Å². The van der Waals surface area contributed by atoms with Gasteiger partial charge in [-0.2, -0.15) is 0 Å². The molecule has 1 aromatic heterocycles. The van der Waals surface area contributed by atoms with Crippen molar-refractivity contribution in [3.8, 4) is 0 Å². The van der Waals surface area contributed by atoms with E-state index in [0.717, 1.165) is 6.42 Å². The first-order valence-electron chi connectivity index (χ1n) is 5.27. The van der Waals surface area contributed by atoms with Gasteiger partial charge >= 0.3 is 0 Å². The van der Waals surface area contributed by atoms with Gasteiger partial charge in [0.2, 0.25) is 0 Å². The minimum atomic E-state index is -0.888. The van der Waals surface area contributed by atoms with E-state index in [1.807, 2.05) is 6.92 Å². The lowest BCUT2D eigenvalue weighted by molar-refractivity contribution is 0.105. The molecule has 1 heterocycles. The Morgan fingerprint density at radius 1 is 1.62 bits per heavy atom. The van der Waals surface area contributed by atoms with Crippen molar-refractivity contribution in [3.05, 3.63) is 22.7 Å². The molecule has 0 fully saturated rings. The van der Waals surface area contributed by atoms with E-state index >= 15 is 0 Å². The number of nitrogens with one attached hydrogen (secondary N) is 1. The van der Waals surface area contributed by atoms with Crippen LogP contribution in [-0.2, 0) is 6.54 Å². The van der Waals surface area contributed by atoms with Gasteiger partial charge in [0.25, 0.3) is 5.56 Å². The Hall–Kier alpha value is -1.40. The van der Waals surface area contributed by atoms with Crippen molar-refractivity contribution in [2.24, 2.45) is 0 Å². The lowest BCUT2D eigenvalue weighted by atomic mass is 10.4. The second kappa shape index (κ2) is 6.24. The zero-order valence-corrected chi connectivity index (χ0v) is 9.26. The van der Waals surface area contributed by atoms with Crippen LogP contribution in [0, 0.1) is 0 Å². The van der Waals surface area contributed by atoms with Crippen LogP contribution >= 0.6 is 0 Å². The summed E-state index contributed by atoms with van der Waals surface area (Å²) in [7, 11) is 0. The van der Waals surface area contributed by atoms with Crippen molar-refractivity contribution in [1.82, 2.24) is 9.55 Å². The number of aromatic nitrogens is 2. The highest BCUT2D eigenvalue weighted by molar-refractivity contribution is 5.30. The standard InChI is InChI=1S/C10H17N3O3/c1-2-4-13-5-3-11-9(10(13)16)12-6-8(15)7-14/h3,5,8,14-15H,2,4,6-7H2,1H3,(H,11,12). The molecular weight excluding hydrogens is 210 g/mol. The van der Waals surface area contributed by atoms with Crippen LogP contribution in [0.4, 0.5) is 5.82 Å². The highest BCUT2D eigenvalue weighted by Gasteiger charge is 2.06. The molecule has 0 bridgehead atoms. The van der Waals surface area contributed by atoms with Crippen LogP contribution in [0.15, 0.2) is 17.2 Å². The van der Waals surface area contributed by atoms with Crippen LogP contribution in [0.3, 0.4) is 0 Å². The first kappa shape index (κ1) is 12.7. The first-order valence-corrected chi connectivity index (χ1v) is 5.27. The minimum absolute atomic E-state index is 0.106. The van der Waals surface area contributed by atoms with Gasteiger partial charge < -0.3 is 20.1 Å². The Kier molecular flexibility index (Phi) is 4.94. The van der Waals surface area contributed by atoms with Crippen molar-refractivity contribution in [1.29, 1.82) is 0 Å². The summed E-state index contributed by atoms with van der Waals surface area (Å²) in [5.41, 5.74) is -0.213. The van der Waals surface area contributed by atoms with Crippen molar-refractivity contribution >= 4 is 5.82 Å². The van der Waals surface area contributed by atoms with Crippen LogP contribution in [-0.4, -0.2) is 39.0 Å². The zero-order chi connectivity index (χ0) is 12.0. The molecule has 1 atom stereocenters. The van der Waals surface area contributed by atoms with Crippen LogP contribution in [0.5, 0.6) is 0 Å². The summed E-state index contributed by atoms with van der Waals surface area (Å²) in [6.07, 6.45) is 3.13. The smallest absolute Gasteiger partial charge is 0.293 e. The van der Waals surface area contributed by atoms with Gasteiger partial charge in [0, 0.05) is 25.5 Å². The second-order valence-corrected chi connectivity index (χ2v) is 3.49. The number of hydrogen-bond acceptors (Lipinski definition) is 5. The predicted octanol–water partition coefficient (Wildman–Crippen LogP) is -0.582. The number of anilines is 1. The summed E-state index contributed by atoms with van der Waals surface area (Å²) < 4.78 is 1.56. The van der Waals surface area contributed by atoms with Crippen LogP contribution < -0.4 is 10.9 Å². The first-order chi connectivity index (χ1) is 7.69. The SMILES string of the molecule is CCCn1ccnc(NCC(O)CO)c1=O. The maximum absolute atomic E-state index is 11.8. The quantitative estimate of drug-likeness (QED) is 0.605. The number of aryl methyl sites for hydroxylation is 1. The van der Waals surface area contributed by atoms with E-state index < -0.39 is 6.10 Å². The lowest BCUT2D eigenvalue weighted by Gasteiger charge is -2.10. The number of rotatable bonds is 6. The molecule has 0 aliphatic heterocycles. The van der Waals surface area contributed by atoms with Crippen molar-refractivity contribution in [2.75, 3.05) is 18.5 Å². The molecule has 0 spiro atoms. The average Bonchev–Trinajstić information content (AvgIpc) is 2.30. The van der Waals surface area contributed by atoms with E-state index in [9.17, 15) is 4.79 Å². The molecule has 16 heavy (non-hydrogen) atoms. The number of aliphatic hydroxyl groups excluding tert-OH is 2. The number of nitrogens with zero attached hydrogens (tertiary/aromatic N) is 2. The largest absolute Gasteiger partial charge is 0.394 e. The maximum atomic E-state index is 11.8. The van der Waals surface area contributed by atoms with Gasteiger partial charge in [-0.25, -0.2) is 4.98 Å². The summed E-state index contributed by atoms with van der Waals surface area (Å²) in [6, 6.07) is 0. The molecule has 0 saturated carbocycles. The zero-order valence-electron chi connectivity index (χ0n) is 9.26. The van der Waals surface area contributed by atoms with Crippen molar-refractivity contribution in [3.63, 3.8) is 0 Å². The average molecular weight is 227 g/mol. The molecule has 3 N–H and O–H groups in total. The molecule has 0 radical (unpaired) electrons. The molecule has 6 heteroatoms. The fraction of sp³-hybridized carbons (Fsp3) is 0.600. The fourth-order valence-corrected chi connectivity index (χ4v) is 1.26. The second-order valence-electron chi connectivity index (χ2n) is 3.49. The van der Waals surface area contributed by atoms with E-state index in [4.69, 9.17) is 10.2 Å². The summed E-state index contributed by atoms with van der Waals surface area (Å²) in [5.74, 6) is 0.198. The van der Waals surface area contributed by atoms with Gasteiger partial charge in [0.1, 0.15) is 0 Å². The molecule has 1 unspecified atom stereocenters. The van der Waals surface area contributed by atoms with Crippen molar-refractivity contribution in [2.45, 2.75) is 26.0 Å². The molecule has 6 nitrogen and oxygen atoms in total. The Labute approximate surface area is 93.6 Å². The molecule has 0 aliphatic rings. The van der Waals surface area contributed by atoms with Crippen LogP contribution in [0.1, 0.15) is 13.3 Å². The maximum Gasteiger partial charge on any atom is 0.293 e. The van der Waals surface area contributed by atoms with Gasteiger partial charge in [0.15, 0.2) is 5.82 Å². The molecule has 1 rings (SSSR count). The van der Waals surface area contributed by atoms with Gasteiger partial charge in [-0.15, -0.1) is 0 Å². The Morgan fingerprint density at radius 3 is 3.00 bits per heavy atom. The summed E-state index contributed by atoms with van der Waals surface area (Å²) in [5, 5.41) is 20.5. The monoisotopic (exact) mass is 227 g/mol. The molecule has 0 aromatic carbocycles. The van der Waals surface area contributed by atoms with Crippen LogP contribution in [0.25, 0.3) is 0 Å². The molecule has 0 saturated heterocycles. The Morgan fingerprint density at radius 2 is 2.38 bits per heavy atom. The lowest BCUT2D eigenvalue weighted by Crippen LogP contribution is -2.29. The molecule has 90 valence electrons. The Bertz CT molecular complexity index is 378. The molecular formula is C10H17N3O3. The van der Waals surface area contributed by atoms with E-state index in [1.165, 1.54) is 6.20 Å². The highest BCUT2D eigenvalue weighted by Crippen LogP contribution is 1.94. The van der Waals surface area contributed by atoms with Gasteiger partial charge in [-0.05, 0) is 6.42 Å². The van der Waals surface area contributed by atoms with Gasteiger partial charge in [-0.3, -0.25) is 4.79 Å². The molecule has 1 aromatic rings. The van der Waals surface area contributed by atoms with Gasteiger partial charge in [-0.1, -0.05) is 6.92 Å². The Balaban J connectivity index is 2.73. The predicted molar refractivity (Wildman–Crippen MR) is 60.4 cm³/mol. The highest BCUT2D eigenvalue weighted by atomic mass is 16.3. The molecule has 0 aliphatic carbocycles. The summed E-state index contributed by atoms with van der Waals surface area (Å²) in [4.78, 5) is 15.6. The topological polar surface area (TPSA) is 87.4 Å². The van der Waals surface area contributed by atoms with Crippen molar-refractivity contribution < 1.29 is 10.2 Å². The fourth-order valence-electron chi connectivity index (χ4n) is 1.26. The van der Waals surface area contributed by atoms with E-state index in [0.29, 0.717) is 6.54 Å². The summed E-state index contributed by atoms with van der Waals surface area (Å²) >= 11 is 0. The van der Waals surface area contributed by atoms with Gasteiger partial charge in [0.05, 0.1) is 12.7 Å². The number of hydrogen-bond donors (Lipinski definition) is 3. The third-order valence-corrected chi connectivity index (χ3v) is 2.09. The third kappa shape index (κ3) is 3.32. The minimum Gasteiger partial charge on any atom is -0.394 e.